The van der Waals surface area contributed by atoms with Gasteiger partial charge < -0.3 is 10.6 Å². The summed E-state index contributed by atoms with van der Waals surface area (Å²) in [4.78, 5) is 14.2. The number of fused-ring (bicyclic) bond motifs is 1. The fourth-order valence-electron chi connectivity index (χ4n) is 2.89. The Morgan fingerprint density at radius 1 is 1.25 bits per heavy atom. The molecule has 0 saturated heterocycles. The van der Waals surface area contributed by atoms with Crippen LogP contribution in [0.15, 0.2) is 46.9 Å². The molecule has 1 heterocycles. The van der Waals surface area contributed by atoms with Crippen molar-refractivity contribution in [2.75, 3.05) is 30.8 Å². The van der Waals surface area contributed by atoms with Gasteiger partial charge in [-0.05, 0) is 52.7 Å². The number of likely N-dealkylation sites (N-methyl/N-ethyl adjacent to an activating group) is 1. The predicted octanol–water partition coefficient (Wildman–Crippen LogP) is 3.91. The summed E-state index contributed by atoms with van der Waals surface area (Å²) in [7, 11) is 1.97. The smallest absolute Gasteiger partial charge is 0.238 e. The molecule has 24 heavy (non-hydrogen) atoms. The van der Waals surface area contributed by atoms with Gasteiger partial charge in [0.2, 0.25) is 5.91 Å². The lowest BCUT2D eigenvalue weighted by molar-refractivity contribution is -0.117. The number of hydrogen-bond donors (Lipinski definition) is 2. The van der Waals surface area contributed by atoms with Gasteiger partial charge in [-0.15, -0.1) is 12.4 Å². The first-order valence-corrected chi connectivity index (χ1v) is 8.50. The Kier molecular flexibility index (Phi) is 6.66. The van der Waals surface area contributed by atoms with Gasteiger partial charge in [0, 0.05) is 23.2 Å². The van der Waals surface area contributed by atoms with E-state index in [0.717, 1.165) is 29.7 Å². The van der Waals surface area contributed by atoms with E-state index in [1.54, 1.807) is 0 Å². The Bertz CT molecular complexity index is 723. The SMILES string of the molecule is CN(CC(=O)Nc1ccccc1Br)Cc1cccc2c1NCC2.Cl. The highest BCUT2D eigenvalue weighted by atomic mass is 79.9. The van der Waals surface area contributed by atoms with Crippen molar-refractivity contribution in [3.05, 3.63) is 58.1 Å². The van der Waals surface area contributed by atoms with Gasteiger partial charge in [-0.25, -0.2) is 0 Å². The van der Waals surface area contributed by atoms with E-state index < -0.39 is 0 Å². The second-order valence-electron chi connectivity index (χ2n) is 5.83. The number of para-hydroxylation sites is 2. The van der Waals surface area contributed by atoms with Crippen LogP contribution in [0.1, 0.15) is 11.1 Å². The molecular formula is C18H21BrClN3O. The van der Waals surface area contributed by atoms with Crippen LogP contribution in [0.25, 0.3) is 0 Å². The summed E-state index contributed by atoms with van der Waals surface area (Å²) in [5.41, 5.74) is 4.66. The molecule has 2 aromatic carbocycles. The standard InChI is InChI=1S/C18H20BrN3O.ClH/c1-22(11-14-6-4-5-13-9-10-20-18(13)14)12-17(23)21-16-8-3-2-7-15(16)19;/h2-8,20H,9-12H2,1H3,(H,21,23);1H. The minimum atomic E-state index is -0.0139. The topological polar surface area (TPSA) is 44.4 Å². The van der Waals surface area contributed by atoms with Gasteiger partial charge in [0.15, 0.2) is 0 Å². The van der Waals surface area contributed by atoms with E-state index in [1.165, 1.54) is 16.8 Å². The average molecular weight is 411 g/mol. The van der Waals surface area contributed by atoms with Gasteiger partial charge in [-0.3, -0.25) is 9.69 Å². The summed E-state index contributed by atoms with van der Waals surface area (Å²) in [5, 5.41) is 6.38. The van der Waals surface area contributed by atoms with Crippen LogP contribution in [0, 0.1) is 0 Å². The van der Waals surface area contributed by atoms with Crippen molar-refractivity contribution in [2.45, 2.75) is 13.0 Å². The Labute approximate surface area is 157 Å². The highest BCUT2D eigenvalue weighted by Gasteiger charge is 2.15. The number of carbonyl (C=O) groups excluding carboxylic acids is 1. The molecule has 0 radical (unpaired) electrons. The molecule has 128 valence electrons. The van der Waals surface area contributed by atoms with Crippen molar-refractivity contribution in [1.82, 2.24) is 4.90 Å². The number of nitrogens with zero attached hydrogens (tertiary/aromatic N) is 1. The van der Waals surface area contributed by atoms with Gasteiger partial charge in [0.25, 0.3) is 0 Å². The van der Waals surface area contributed by atoms with Crippen LogP contribution in [-0.2, 0) is 17.8 Å². The van der Waals surface area contributed by atoms with Crippen LogP contribution in [-0.4, -0.2) is 30.9 Å². The fraction of sp³-hybridized carbons (Fsp3) is 0.278. The molecule has 1 amide bonds. The van der Waals surface area contributed by atoms with Crippen molar-refractivity contribution in [2.24, 2.45) is 0 Å². The van der Waals surface area contributed by atoms with Crippen LogP contribution >= 0.6 is 28.3 Å². The van der Waals surface area contributed by atoms with Gasteiger partial charge in [-0.2, -0.15) is 0 Å². The first-order chi connectivity index (χ1) is 11.1. The van der Waals surface area contributed by atoms with Crippen molar-refractivity contribution in [3.8, 4) is 0 Å². The number of halogens is 2. The largest absolute Gasteiger partial charge is 0.384 e. The minimum Gasteiger partial charge on any atom is -0.384 e. The molecule has 6 heteroatoms. The molecule has 0 unspecified atom stereocenters. The zero-order valence-electron chi connectivity index (χ0n) is 13.5. The number of nitrogens with one attached hydrogen (secondary N) is 2. The van der Waals surface area contributed by atoms with Crippen molar-refractivity contribution < 1.29 is 4.79 Å². The first-order valence-electron chi connectivity index (χ1n) is 7.71. The quantitative estimate of drug-likeness (QED) is 0.785. The van der Waals surface area contributed by atoms with E-state index in [0.29, 0.717) is 6.54 Å². The predicted molar refractivity (Wildman–Crippen MR) is 105 cm³/mol. The van der Waals surface area contributed by atoms with Gasteiger partial charge in [0.05, 0.1) is 12.2 Å². The number of carbonyl (C=O) groups is 1. The maximum Gasteiger partial charge on any atom is 0.238 e. The summed E-state index contributed by atoms with van der Waals surface area (Å²) in [5.74, 6) is -0.0139. The summed E-state index contributed by atoms with van der Waals surface area (Å²) < 4.78 is 0.890. The highest BCUT2D eigenvalue weighted by molar-refractivity contribution is 9.10. The number of anilines is 2. The van der Waals surface area contributed by atoms with Crippen molar-refractivity contribution >= 4 is 45.6 Å². The maximum atomic E-state index is 12.2. The molecule has 0 saturated carbocycles. The summed E-state index contributed by atoms with van der Waals surface area (Å²) in [6.45, 7) is 2.10. The molecule has 1 aliphatic rings. The average Bonchev–Trinajstić information content (AvgIpc) is 2.99. The van der Waals surface area contributed by atoms with E-state index in [9.17, 15) is 4.79 Å². The molecule has 1 aliphatic heterocycles. The number of amides is 1. The van der Waals surface area contributed by atoms with E-state index >= 15 is 0 Å². The van der Waals surface area contributed by atoms with Crippen LogP contribution < -0.4 is 10.6 Å². The number of hydrogen-bond acceptors (Lipinski definition) is 3. The lowest BCUT2D eigenvalue weighted by atomic mass is 10.1. The minimum absolute atomic E-state index is 0. The Balaban J connectivity index is 0.00000208. The van der Waals surface area contributed by atoms with E-state index in [1.807, 2.05) is 36.2 Å². The Hall–Kier alpha value is -1.56. The van der Waals surface area contributed by atoms with Gasteiger partial charge in [-0.1, -0.05) is 30.3 Å². The molecule has 0 fully saturated rings. The second kappa shape index (κ2) is 8.51. The lowest BCUT2D eigenvalue weighted by Gasteiger charge is -2.18. The van der Waals surface area contributed by atoms with Crippen LogP contribution in [0.5, 0.6) is 0 Å². The number of rotatable bonds is 5. The second-order valence-corrected chi connectivity index (χ2v) is 6.68. The maximum absolute atomic E-state index is 12.2. The van der Waals surface area contributed by atoms with Crippen molar-refractivity contribution in [3.63, 3.8) is 0 Å². The van der Waals surface area contributed by atoms with Crippen LogP contribution in [0.3, 0.4) is 0 Å². The van der Waals surface area contributed by atoms with Crippen molar-refractivity contribution in [1.29, 1.82) is 0 Å². The monoisotopic (exact) mass is 409 g/mol. The van der Waals surface area contributed by atoms with E-state index in [2.05, 4.69) is 44.8 Å². The molecule has 0 spiro atoms. The fourth-order valence-corrected chi connectivity index (χ4v) is 3.27. The molecule has 2 aromatic rings. The Morgan fingerprint density at radius 2 is 2.04 bits per heavy atom. The highest BCUT2D eigenvalue weighted by Crippen LogP contribution is 2.27. The Morgan fingerprint density at radius 3 is 2.83 bits per heavy atom. The van der Waals surface area contributed by atoms with E-state index in [4.69, 9.17) is 0 Å². The molecule has 0 aromatic heterocycles. The molecule has 0 aliphatic carbocycles. The molecule has 4 nitrogen and oxygen atoms in total. The first kappa shape index (κ1) is 18.8. The zero-order chi connectivity index (χ0) is 16.2. The normalized spacial score (nSPS) is 12.3. The summed E-state index contributed by atoms with van der Waals surface area (Å²) in [6.07, 6.45) is 1.08. The summed E-state index contributed by atoms with van der Waals surface area (Å²) >= 11 is 3.44. The van der Waals surface area contributed by atoms with E-state index in [-0.39, 0.29) is 18.3 Å². The lowest BCUT2D eigenvalue weighted by Crippen LogP contribution is -2.30. The molecule has 0 atom stereocenters. The summed E-state index contributed by atoms with van der Waals surface area (Å²) in [6, 6.07) is 14.0. The van der Waals surface area contributed by atoms with Crippen LogP contribution in [0.4, 0.5) is 11.4 Å². The third kappa shape index (κ3) is 4.50. The molecule has 3 rings (SSSR count). The van der Waals surface area contributed by atoms with Gasteiger partial charge in [0.1, 0.15) is 0 Å². The molecular weight excluding hydrogens is 390 g/mol. The van der Waals surface area contributed by atoms with Gasteiger partial charge >= 0.3 is 0 Å². The third-order valence-electron chi connectivity index (χ3n) is 3.93. The number of benzene rings is 2. The zero-order valence-corrected chi connectivity index (χ0v) is 15.9. The molecule has 0 bridgehead atoms. The molecule has 2 N–H and O–H groups in total. The van der Waals surface area contributed by atoms with Crippen LogP contribution in [0.2, 0.25) is 0 Å². The third-order valence-corrected chi connectivity index (χ3v) is 4.63.